The minimum Gasteiger partial charge on any atom is -0.365 e. The Morgan fingerprint density at radius 3 is 2.81 bits per heavy atom. The number of amides is 1. The lowest BCUT2D eigenvalue weighted by atomic mass is 9.93. The zero-order valence-electron chi connectivity index (χ0n) is 9.52. The smallest absolute Gasteiger partial charge is 0.248 e. The molecule has 4 nitrogen and oxygen atoms in total. The van der Waals surface area contributed by atoms with Crippen molar-refractivity contribution in [3.8, 4) is 6.07 Å². The quantitative estimate of drug-likeness (QED) is 0.710. The summed E-state index contributed by atoms with van der Waals surface area (Å²) in [4.78, 5) is 13.7. The van der Waals surface area contributed by atoms with Crippen LogP contribution < -0.4 is 0 Å². The van der Waals surface area contributed by atoms with Gasteiger partial charge in [-0.05, 0) is 12.8 Å². The lowest BCUT2D eigenvalue weighted by molar-refractivity contribution is -0.152. The van der Waals surface area contributed by atoms with Gasteiger partial charge in [0.15, 0.2) is 0 Å². The average molecular weight is 222 g/mol. The number of morpholine rings is 1. The van der Waals surface area contributed by atoms with Gasteiger partial charge in [-0.15, -0.1) is 0 Å². The second-order valence-electron chi connectivity index (χ2n) is 4.63. The molecule has 2 rings (SSSR count). The molecule has 1 atom stereocenters. The summed E-state index contributed by atoms with van der Waals surface area (Å²) in [7, 11) is 0. The van der Waals surface area contributed by atoms with E-state index in [1.54, 1.807) is 0 Å². The van der Waals surface area contributed by atoms with Crippen molar-refractivity contribution >= 4 is 5.91 Å². The number of hydrogen-bond acceptors (Lipinski definition) is 3. The van der Waals surface area contributed by atoms with E-state index in [1.165, 1.54) is 19.3 Å². The van der Waals surface area contributed by atoms with Gasteiger partial charge >= 0.3 is 0 Å². The molecule has 2 aliphatic rings. The van der Waals surface area contributed by atoms with E-state index in [4.69, 9.17) is 10.00 Å². The van der Waals surface area contributed by atoms with E-state index < -0.39 is 0 Å². The maximum Gasteiger partial charge on any atom is 0.248 e. The van der Waals surface area contributed by atoms with Crippen molar-refractivity contribution in [2.24, 2.45) is 0 Å². The predicted molar refractivity (Wildman–Crippen MR) is 58.6 cm³/mol. The molecule has 0 N–H and O–H groups in total. The fourth-order valence-corrected chi connectivity index (χ4v) is 2.62. The molecule has 2 fully saturated rings. The zero-order chi connectivity index (χ0) is 11.4. The van der Waals surface area contributed by atoms with Crippen LogP contribution in [-0.2, 0) is 9.53 Å². The largest absolute Gasteiger partial charge is 0.365 e. The topological polar surface area (TPSA) is 53.3 Å². The summed E-state index contributed by atoms with van der Waals surface area (Å²) in [6.07, 6.45) is 6.27. The molecule has 0 aromatic carbocycles. The first-order valence-corrected chi connectivity index (χ1v) is 6.09. The van der Waals surface area contributed by atoms with Crippen molar-refractivity contribution in [2.45, 2.75) is 50.7 Å². The molecule has 1 unspecified atom stereocenters. The Hall–Kier alpha value is -1.08. The second-order valence-corrected chi connectivity index (χ2v) is 4.63. The molecular weight excluding hydrogens is 204 g/mol. The number of nitrogens with zero attached hydrogens (tertiary/aromatic N) is 2. The summed E-state index contributed by atoms with van der Waals surface area (Å²) in [6.45, 7) is 0.764. The number of hydrogen-bond donors (Lipinski definition) is 0. The second kappa shape index (κ2) is 5.31. The van der Waals surface area contributed by atoms with Crippen molar-refractivity contribution in [1.82, 2.24) is 4.90 Å². The zero-order valence-corrected chi connectivity index (χ0v) is 9.52. The highest BCUT2D eigenvalue weighted by Gasteiger charge is 2.31. The first-order chi connectivity index (χ1) is 7.81. The minimum atomic E-state index is -0.0790. The molecule has 0 aromatic rings. The molecule has 0 spiro atoms. The summed E-state index contributed by atoms with van der Waals surface area (Å²) < 4.78 is 5.34. The number of carbonyl (C=O) groups is 1. The number of carbonyl (C=O) groups excluding carboxylic acids is 1. The van der Waals surface area contributed by atoms with E-state index in [-0.39, 0.29) is 18.6 Å². The van der Waals surface area contributed by atoms with Gasteiger partial charge in [0.25, 0.3) is 0 Å². The van der Waals surface area contributed by atoms with Crippen LogP contribution in [0.1, 0.15) is 38.5 Å². The Morgan fingerprint density at radius 2 is 2.12 bits per heavy atom. The lowest BCUT2D eigenvalue weighted by Crippen LogP contribution is -2.51. The predicted octanol–water partition coefficient (Wildman–Crippen LogP) is 1.46. The normalized spacial score (nSPS) is 27.8. The van der Waals surface area contributed by atoms with Crippen molar-refractivity contribution in [1.29, 1.82) is 5.26 Å². The third-order valence-electron chi connectivity index (χ3n) is 3.50. The van der Waals surface area contributed by atoms with Gasteiger partial charge in [-0.1, -0.05) is 19.3 Å². The fourth-order valence-electron chi connectivity index (χ4n) is 2.62. The van der Waals surface area contributed by atoms with Gasteiger partial charge in [0, 0.05) is 12.6 Å². The molecule has 1 heterocycles. The standard InChI is InChI=1S/C12H18N2O2/c13-7-6-11-8-14(12(15)9-16-11)10-4-2-1-3-5-10/h10-11H,1-6,8-9H2. The molecule has 88 valence electrons. The molecule has 1 saturated heterocycles. The molecule has 0 radical (unpaired) electrons. The Balaban J connectivity index is 1.95. The first kappa shape index (κ1) is 11.4. The van der Waals surface area contributed by atoms with Crippen molar-refractivity contribution in [3.05, 3.63) is 0 Å². The molecule has 0 bridgehead atoms. The van der Waals surface area contributed by atoms with Crippen LogP contribution in [0.2, 0.25) is 0 Å². The highest BCUT2D eigenvalue weighted by molar-refractivity contribution is 5.78. The Bertz CT molecular complexity index is 292. The van der Waals surface area contributed by atoms with Gasteiger partial charge in [0.05, 0.1) is 18.6 Å². The molecule has 1 aliphatic carbocycles. The van der Waals surface area contributed by atoms with Crippen LogP contribution in [0, 0.1) is 11.3 Å². The molecular formula is C12H18N2O2. The molecule has 1 saturated carbocycles. The van der Waals surface area contributed by atoms with Gasteiger partial charge in [0.1, 0.15) is 6.61 Å². The van der Waals surface area contributed by atoms with E-state index in [0.29, 0.717) is 19.0 Å². The van der Waals surface area contributed by atoms with Crippen LogP contribution in [0.5, 0.6) is 0 Å². The average Bonchev–Trinajstić information content (AvgIpc) is 2.33. The summed E-state index contributed by atoms with van der Waals surface area (Å²) in [5, 5.41) is 8.65. The van der Waals surface area contributed by atoms with Crippen LogP contribution in [0.15, 0.2) is 0 Å². The van der Waals surface area contributed by atoms with Crippen molar-refractivity contribution in [3.63, 3.8) is 0 Å². The van der Waals surface area contributed by atoms with Crippen LogP contribution >= 0.6 is 0 Å². The van der Waals surface area contributed by atoms with E-state index >= 15 is 0 Å². The molecule has 4 heteroatoms. The van der Waals surface area contributed by atoms with E-state index in [9.17, 15) is 4.79 Å². The summed E-state index contributed by atoms with van der Waals surface area (Å²) >= 11 is 0. The van der Waals surface area contributed by atoms with Gasteiger partial charge < -0.3 is 9.64 Å². The van der Waals surface area contributed by atoms with Crippen molar-refractivity contribution in [2.75, 3.05) is 13.2 Å². The van der Waals surface area contributed by atoms with E-state index in [1.807, 2.05) is 4.90 Å². The van der Waals surface area contributed by atoms with Crippen LogP contribution in [0.3, 0.4) is 0 Å². The number of nitriles is 1. The summed E-state index contributed by atoms with van der Waals surface area (Å²) in [6, 6.07) is 2.51. The van der Waals surface area contributed by atoms with Gasteiger partial charge in [-0.2, -0.15) is 5.26 Å². The number of rotatable bonds is 2. The van der Waals surface area contributed by atoms with Gasteiger partial charge in [-0.25, -0.2) is 0 Å². The molecule has 1 amide bonds. The lowest BCUT2D eigenvalue weighted by Gasteiger charge is -2.39. The fraction of sp³-hybridized carbons (Fsp3) is 0.833. The Morgan fingerprint density at radius 1 is 1.38 bits per heavy atom. The highest BCUT2D eigenvalue weighted by Crippen LogP contribution is 2.25. The van der Waals surface area contributed by atoms with Crippen LogP contribution in [-0.4, -0.2) is 36.1 Å². The maximum atomic E-state index is 11.8. The summed E-state index contributed by atoms with van der Waals surface area (Å²) in [5.74, 6) is 0.0982. The maximum absolute atomic E-state index is 11.8. The van der Waals surface area contributed by atoms with E-state index in [0.717, 1.165) is 12.8 Å². The Kier molecular flexibility index (Phi) is 3.79. The minimum absolute atomic E-state index is 0.0790. The van der Waals surface area contributed by atoms with Crippen LogP contribution in [0.4, 0.5) is 0 Å². The summed E-state index contributed by atoms with van der Waals surface area (Å²) in [5.41, 5.74) is 0. The Labute approximate surface area is 96.2 Å². The SMILES string of the molecule is N#CCC1CN(C2CCCCC2)C(=O)CO1. The van der Waals surface area contributed by atoms with Crippen LogP contribution in [0.25, 0.3) is 0 Å². The third-order valence-corrected chi connectivity index (χ3v) is 3.50. The number of ether oxygens (including phenoxy) is 1. The third kappa shape index (κ3) is 2.53. The molecule has 0 aromatic heterocycles. The van der Waals surface area contributed by atoms with Gasteiger partial charge in [0.2, 0.25) is 5.91 Å². The molecule has 16 heavy (non-hydrogen) atoms. The first-order valence-electron chi connectivity index (χ1n) is 6.09. The van der Waals surface area contributed by atoms with Gasteiger partial charge in [-0.3, -0.25) is 4.79 Å². The highest BCUT2D eigenvalue weighted by atomic mass is 16.5. The van der Waals surface area contributed by atoms with Crippen molar-refractivity contribution < 1.29 is 9.53 Å². The molecule has 1 aliphatic heterocycles. The van der Waals surface area contributed by atoms with E-state index in [2.05, 4.69) is 6.07 Å². The monoisotopic (exact) mass is 222 g/mol.